The van der Waals surface area contributed by atoms with E-state index in [1.54, 1.807) is 97.1 Å². The van der Waals surface area contributed by atoms with E-state index in [1.165, 1.54) is 47.3 Å². The van der Waals surface area contributed by atoms with Crippen molar-refractivity contribution in [3.8, 4) is 17.1 Å². The van der Waals surface area contributed by atoms with Crippen LogP contribution in [0.15, 0.2) is 214 Å². The summed E-state index contributed by atoms with van der Waals surface area (Å²) in [6, 6.07) is 48.4. The molecular weight excluding hydrogens is 1350 g/mol. The minimum Gasteiger partial charge on any atom is -0.488 e. The summed E-state index contributed by atoms with van der Waals surface area (Å²) >= 11 is 31.5. The highest BCUT2D eigenvalue weighted by Crippen LogP contribution is 2.33. The number of aromatic nitrogens is 1. The predicted octanol–water partition coefficient (Wildman–Crippen LogP) is 10.5. The third kappa shape index (κ3) is 16.8. The standard InChI is InChI=1S/C20H15N3O2S.C18H13FN2O3S.C16H12N2O3S.C15H8Cl2N2O3S/c24-18-16(19(25)22-20(26)21-18)10-14-12-23(11-13-6-2-1-3-7-13)17-9-5-4-8-15(14)17;19-14-7-3-1-6-12(14)10-24-15-8-4-2-5-11(15)9-13-16(22)20-18(25)21-17(13)23;1-10-2-4-12(5-3-10)18-15(20)13(14(19)17-16(18)22)8-11-6-7-21-9-11;16-7-1-3-11(17)9(5-7)12-4-2-8(22-12)6-10-13(20)18-15(23)19-14(10)21/h1-10,12H,11H2,(H2,21,22,24,25,26);1-9H,10H2,(H2,20,21,22,23,25);2-9H,1H3,(H,17,19,22);1-6H,(H2,18,19,20,21,23)/b;;13-8+;. The van der Waals surface area contributed by atoms with Gasteiger partial charge in [0.15, 0.2) is 20.4 Å². The van der Waals surface area contributed by atoms with E-state index < -0.39 is 47.3 Å². The van der Waals surface area contributed by atoms with E-state index in [2.05, 4.69) is 53.9 Å². The number of anilines is 1. The molecule has 7 heterocycles. The van der Waals surface area contributed by atoms with Crippen molar-refractivity contribution in [2.45, 2.75) is 20.1 Å². The van der Waals surface area contributed by atoms with Crippen LogP contribution in [-0.2, 0) is 51.5 Å². The van der Waals surface area contributed by atoms with Crippen molar-refractivity contribution in [2.24, 2.45) is 0 Å². The van der Waals surface area contributed by atoms with Gasteiger partial charge in [-0.15, -0.1) is 0 Å². The number of hydrogen-bond donors (Lipinski definition) is 7. The van der Waals surface area contributed by atoms with E-state index in [1.807, 2.05) is 67.7 Å². The first-order valence-corrected chi connectivity index (χ1v) is 30.8. The number of halogens is 3. The number of nitrogens with zero attached hydrogens (tertiary/aromatic N) is 2. The molecule has 0 aliphatic carbocycles. The molecule has 9 aromatic rings. The van der Waals surface area contributed by atoms with Gasteiger partial charge in [-0.2, -0.15) is 0 Å². The van der Waals surface area contributed by atoms with Crippen molar-refractivity contribution < 1.29 is 56.3 Å². The van der Waals surface area contributed by atoms with Crippen LogP contribution in [0.1, 0.15) is 39.1 Å². The fourth-order valence-electron chi connectivity index (χ4n) is 9.45. The summed E-state index contributed by atoms with van der Waals surface area (Å²) in [5, 5.41) is 18.9. The number of furan rings is 2. The molecule has 4 saturated heterocycles. The number of amides is 8. The molecule has 96 heavy (non-hydrogen) atoms. The van der Waals surface area contributed by atoms with Crippen molar-refractivity contribution in [3.63, 3.8) is 0 Å². The summed E-state index contributed by atoms with van der Waals surface area (Å²) in [4.78, 5) is 97.7. The smallest absolute Gasteiger partial charge is 0.270 e. The number of carbonyl (C=O) groups excluding carboxylic acids is 8. The van der Waals surface area contributed by atoms with E-state index in [9.17, 15) is 42.7 Å². The fourth-order valence-corrected chi connectivity index (χ4v) is 10.7. The van der Waals surface area contributed by atoms with Crippen molar-refractivity contribution in [3.05, 3.63) is 260 Å². The number of para-hydroxylation sites is 2. The molecule has 3 aromatic heterocycles. The Morgan fingerprint density at radius 2 is 1.11 bits per heavy atom. The number of thiocarbonyl (C=S) groups is 4. The summed E-state index contributed by atoms with van der Waals surface area (Å²) in [7, 11) is 0. The number of benzene rings is 6. The molecule has 480 valence electrons. The molecule has 7 N–H and O–H groups in total. The third-order valence-electron chi connectivity index (χ3n) is 14.1. The Hall–Kier alpha value is -11.2. The van der Waals surface area contributed by atoms with Gasteiger partial charge in [0.2, 0.25) is 0 Å². The Morgan fingerprint density at radius 1 is 0.552 bits per heavy atom. The van der Waals surface area contributed by atoms with E-state index in [0.29, 0.717) is 61.8 Å². The SMILES string of the molecule is Cc1ccc(N2C(=O)/C(=C/c3ccoc3)C(=O)NC2=S)cc1.O=C1NC(=S)NC(=O)C1=Cc1ccc(-c2cc(Cl)ccc2Cl)o1.O=C1NC(=S)NC(=O)C1=Cc1ccccc1OCc1ccccc1F.O=C1NC(=S)NC(=O)C1=Cc1cn(Cc2ccccc2)c2ccccc12. The molecule has 13 rings (SSSR count). The van der Waals surface area contributed by atoms with Gasteiger partial charge in [0, 0.05) is 56.5 Å². The van der Waals surface area contributed by atoms with Crippen LogP contribution in [0.5, 0.6) is 5.75 Å². The molecule has 6 aromatic carbocycles. The van der Waals surface area contributed by atoms with Crippen molar-refractivity contribution in [1.29, 1.82) is 0 Å². The normalized spacial score (nSPS) is 14.9. The van der Waals surface area contributed by atoms with Gasteiger partial charge >= 0.3 is 0 Å². The van der Waals surface area contributed by atoms with Crippen molar-refractivity contribution in [2.75, 3.05) is 4.90 Å². The molecule has 0 spiro atoms. The molecule has 0 unspecified atom stereocenters. The molecule has 0 bridgehead atoms. The highest BCUT2D eigenvalue weighted by molar-refractivity contribution is 7.81. The van der Waals surface area contributed by atoms with Crippen LogP contribution in [0.4, 0.5) is 10.1 Å². The second kappa shape index (κ2) is 30.7. The average molecular weight is 1400 g/mol. The molecule has 4 fully saturated rings. The van der Waals surface area contributed by atoms with E-state index in [-0.39, 0.29) is 55.2 Å². The lowest BCUT2D eigenvalue weighted by molar-refractivity contribution is -0.124. The first kappa shape index (κ1) is 67.7. The van der Waals surface area contributed by atoms with Crippen LogP contribution in [0.2, 0.25) is 10.0 Å². The van der Waals surface area contributed by atoms with Gasteiger partial charge in [-0.3, -0.25) is 80.5 Å². The third-order valence-corrected chi connectivity index (χ3v) is 15.5. The van der Waals surface area contributed by atoms with Crippen molar-refractivity contribution in [1.82, 2.24) is 41.8 Å². The van der Waals surface area contributed by atoms with Crippen LogP contribution in [0, 0.1) is 12.7 Å². The van der Waals surface area contributed by atoms with Gasteiger partial charge in [0.1, 0.15) is 52.0 Å². The van der Waals surface area contributed by atoms with Gasteiger partial charge in [-0.05, 0) is 152 Å². The lowest BCUT2D eigenvalue weighted by Gasteiger charge is -2.28. The van der Waals surface area contributed by atoms with Crippen LogP contribution in [-0.4, -0.2) is 72.3 Å². The predicted molar refractivity (Wildman–Crippen MR) is 375 cm³/mol. The summed E-state index contributed by atoms with van der Waals surface area (Å²) < 4.78 is 32.0. The van der Waals surface area contributed by atoms with Crippen LogP contribution in [0.3, 0.4) is 0 Å². The molecule has 8 amide bonds. The summed E-state index contributed by atoms with van der Waals surface area (Å²) in [5.41, 5.74) is 6.74. The lowest BCUT2D eigenvalue weighted by atomic mass is 10.1. The summed E-state index contributed by atoms with van der Waals surface area (Å²) in [6.45, 7) is 2.68. The second-order valence-electron chi connectivity index (χ2n) is 20.7. The van der Waals surface area contributed by atoms with Crippen LogP contribution < -0.4 is 46.9 Å². The van der Waals surface area contributed by atoms with Gasteiger partial charge in [0.05, 0.1) is 23.2 Å². The van der Waals surface area contributed by atoms with E-state index in [0.717, 1.165) is 22.0 Å². The Morgan fingerprint density at radius 3 is 1.74 bits per heavy atom. The molecule has 27 heteroatoms. The number of nitrogens with one attached hydrogen (secondary N) is 7. The number of ether oxygens (including phenoxy) is 1. The molecule has 0 saturated carbocycles. The summed E-state index contributed by atoms with van der Waals surface area (Å²) in [6.07, 6.45) is 10.7. The first-order valence-electron chi connectivity index (χ1n) is 28.4. The first-order chi connectivity index (χ1) is 46.2. The van der Waals surface area contributed by atoms with Gasteiger partial charge < -0.3 is 18.1 Å². The Balaban J connectivity index is 0.000000139. The topological polar surface area (TPSA) is 264 Å². The molecule has 4 aliphatic rings. The Kier molecular flexibility index (Phi) is 21.7. The number of fused-ring (bicyclic) bond motifs is 1. The monoisotopic (exact) mass is 1400 g/mol. The molecule has 0 radical (unpaired) electrons. The minimum atomic E-state index is -0.586. The van der Waals surface area contributed by atoms with Crippen molar-refractivity contribution >= 4 is 181 Å². The Bertz CT molecular complexity index is 4750. The van der Waals surface area contributed by atoms with Crippen LogP contribution in [0.25, 0.3) is 46.5 Å². The average Bonchev–Trinajstić information content (AvgIpc) is 1.46. The number of rotatable bonds is 11. The highest BCUT2D eigenvalue weighted by Gasteiger charge is 2.35. The van der Waals surface area contributed by atoms with E-state index in [4.69, 9.17) is 85.6 Å². The second-order valence-corrected chi connectivity index (χ2v) is 23.2. The van der Waals surface area contributed by atoms with E-state index >= 15 is 0 Å². The largest absolute Gasteiger partial charge is 0.488 e. The zero-order valence-corrected chi connectivity index (χ0v) is 54.5. The van der Waals surface area contributed by atoms with Gasteiger partial charge in [-0.1, -0.05) is 126 Å². The molecule has 0 atom stereocenters. The van der Waals surface area contributed by atoms with Crippen LogP contribution >= 0.6 is 72.1 Å². The maximum Gasteiger partial charge on any atom is 0.270 e. The number of aryl methyl sites for hydroxylation is 1. The molecule has 20 nitrogen and oxygen atoms in total. The minimum absolute atomic E-state index is 0.00979. The highest BCUT2D eigenvalue weighted by atomic mass is 35.5. The zero-order chi connectivity index (χ0) is 68.2. The van der Waals surface area contributed by atoms with Gasteiger partial charge in [-0.25, -0.2) is 4.39 Å². The summed E-state index contributed by atoms with van der Waals surface area (Å²) in [5.74, 6) is -3.44. The van der Waals surface area contributed by atoms with Gasteiger partial charge in [0.25, 0.3) is 47.3 Å². The molecular formula is C69H48Cl2FN9O11S4. The number of carbonyl (C=O) groups is 8. The lowest BCUT2D eigenvalue weighted by Crippen LogP contribution is -2.54. The quantitative estimate of drug-likeness (QED) is 0.0361. The Labute approximate surface area is 576 Å². The maximum atomic E-state index is 13.7. The zero-order valence-electron chi connectivity index (χ0n) is 49.7. The number of hydrogen-bond acceptors (Lipinski definition) is 15. The maximum absolute atomic E-state index is 13.7. The fraction of sp³-hybridized carbons (Fsp3) is 0.0435. The molecule has 4 aliphatic heterocycles.